The summed E-state index contributed by atoms with van der Waals surface area (Å²) < 4.78 is 0. The molecule has 0 bridgehead atoms. The summed E-state index contributed by atoms with van der Waals surface area (Å²) in [5, 5.41) is 2.08. The number of nitrogens with zero attached hydrogens (tertiary/aromatic N) is 7. The topological polar surface area (TPSA) is 90.2 Å². The molecular formula is C41H25N7. The Kier molecular flexibility index (Phi) is 6.64. The summed E-state index contributed by atoms with van der Waals surface area (Å²) in [6.45, 7) is 0. The van der Waals surface area contributed by atoms with Crippen molar-refractivity contribution >= 4 is 32.8 Å². The molecule has 9 rings (SSSR count). The van der Waals surface area contributed by atoms with E-state index in [4.69, 9.17) is 19.9 Å². The van der Waals surface area contributed by atoms with Gasteiger partial charge in [-0.25, -0.2) is 19.9 Å². The summed E-state index contributed by atoms with van der Waals surface area (Å²) in [5.74, 6) is 0. The lowest BCUT2D eigenvalue weighted by Crippen LogP contribution is -1.99. The third kappa shape index (κ3) is 4.91. The van der Waals surface area contributed by atoms with E-state index in [1.807, 2.05) is 72.8 Å². The highest BCUT2D eigenvalue weighted by Gasteiger charge is 2.17. The second-order valence-electron chi connectivity index (χ2n) is 11.4. The van der Waals surface area contributed by atoms with Crippen LogP contribution in [-0.2, 0) is 0 Å². The number of rotatable bonds is 5. The van der Waals surface area contributed by atoms with Crippen LogP contribution in [0, 0.1) is 0 Å². The molecule has 6 aromatic heterocycles. The van der Waals surface area contributed by atoms with Gasteiger partial charge in [-0.15, -0.1) is 0 Å². The highest BCUT2D eigenvalue weighted by molar-refractivity contribution is 6.04. The molecule has 9 aromatic rings. The molecule has 7 heteroatoms. The summed E-state index contributed by atoms with van der Waals surface area (Å²) in [4.78, 5) is 34.0. The molecule has 0 aliphatic carbocycles. The number of pyridine rings is 5. The first-order valence-electron chi connectivity index (χ1n) is 15.6. The fraction of sp³-hybridized carbons (Fsp3) is 0. The minimum absolute atomic E-state index is 0.693. The van der Waals surface area contributed by atoms with Crippen molar-refractivity contribution in [2.75, 3.05) is 0 Å². The van der Waals surface area contributed by atoms with E-state index in [2.05, 4.69) is 75.6 Å². The first-order chi connectivity index (χ1) is 23.8. The molecule has 0 amide bonds. The number of hydrogen-bond acceptors (Lipinski definition) is 7. The molecule has 0 saturated carbocycles. The minimum atomic E-state index is 0.693. The third-order valence-corrected chi connectivity index (χ3v) is 8.45. The number of fused-ring (bicyclic) bond motifs is 4. The van der Waals surface area contributed by atoms with Gasteiger partial charge in [0, 0.05) is 40.5 Å². The van der Waals surface area contributed by atoms with E-state index < -0.39 is 0 Å². The summed E-state index contributed by atoms with van der Waals surface area (Å²) in [5.41, 5.74) is 11.8. The van der Waals surface area contributed by atoms with Crippen molar-refractivity contribution in [1.82, 2.24) is 34.9 Å². The molecule has 0 N–H and O–H groups in total. The van der Waals surface area contributed by atoms with Crippen LogP contribution in [0.25, 0.3) is 89.4 Å². The van der Waals surface area contributed by atoms with Gasteiger partial charge >= 0.3 is 0 Å². The molecule has 0 radical (unpaired) electrons. The average molecular weight is 616 g/mol. The predicted octanol–water partition coefficient (Wildman–Crippen LogP) is 9.25. The maximum Gasteiger partial charge on any atom is 0.117 e. The SMILES string of the molecule is c1ccc(-c2ccc3ccc4ccc(-c5ccc(-c6cccc7nc(-c8ccccn8)c(-c8ccccn8)nc67)cc5)nc4c3n2)nc1. The quantitative estimate of drug-likeness (QED) is 0.178. The monoisotopic (exact) mass is 615 g/mol. The lowest BCUT2D eigenvalue weighted by molar-refractivity contribution is 1.21. The average Bonchev–Trinajstić information content (AvgIpc) is 3.18. The predicted molar refractivity (Wildman–Crippen MR) is 191 cm³/mol. The van der Waals surface area contributed by atoms with Gasteiger partial charge in [-0.05, 0) is 60.2 Å². The van der Waals surface area contributed by atoms with Gasteiger partial charge in [0.1, 0.15) is 11.4 Å². The van der Waals surface area contributed by atoms with Crippen LogP contribution in [0.3, 0.4) is 0 Å². The largest absolute Gasteiger partial charge is 0.255 e. The highest BCUT2D eigenvalue weighted by atomic mass is 14.9. The van der Waals surface area contributed by atoms with E-state index in [0.717, 1.165) is 78.0 Å². The van der Waals surface area contributed by atoms with Crippen LogP contribution < -0.4 is 0 Å². The smallest absolute Gasteiger partial charge is 0.117 e. The molecule has 6 heterocycles. The standard InChI is InChI=1S/C41H25N7/c1-4-23-42-32(9-1)33-22-20-29-18-17-28-19-21-31(45-37(28)38(29)46-33)27-15-13-26(14-16-27)30-8-7-12-36-39(30)48-41(35-11-3-6-25-44-35)40(47-36)34-10-2-5-24-43-34/h1-25H. The van der Waals surface area contributed by atoms with Crippen molar-refractivity contribution in [3.63, 3.8) is 0 Å². The van der Waals surface area contributed by atoms with Gasteiger partial charge in [0.15, 0.2) is 0 Å². The van der Waals surface area contributed by atoms with E-state index >= 15 is 0 Å². The van der Waals surface area contributed by atoms with Gasteiger partial charge in [0.05, 0.1) is 50.5 Å². The third-order valence-electron chi connectivity index (χ3n) is 8.45. The second-order valence-corrected chi connectivity index (χ2v) is 11.4. The Hall–Kier alpha value is -6.73. The maximum absolute atomic E-state index is 5.18. The summed E-state index contributed by atoms with van der Waals surface area (Å²) in [6.07, 6.45) is 5.32. The number of hydrogen-bond donors (Lipinski definition) is 0. The van der Waals surface area contributed by atoms with E-state index in [-0.39, 0.29) is 0 Å². The van der Waals surface area contributed by atoms with Crippen LogP contribution in [0.15, 0.2) is 152 Å². The van der Waals surface area contributed by atoms with Crippen LogP contribution in [-0.4, -0.2) is 34.9 Å². The van der Waals surface area contributed by atoms with Crippen molar-refractivity contribution in [2.45, 2.75) is 0 Å². The van der Waals surface area contributed by atoms with E-state index in [1.54, 1.807) is 18.6 Å². The Labute approximate surface area is 275 Å². The molecule has 0 aliphatic rings. The molecule has 0 aliphatic heterocycles. The minimum Gasteiger partial charge on any atom is -0.255 e. The normalized spacial score (nSPS) is 11.3. The van der Waals surface area contributed by atoms with Gasteiger partial charge in [0.25, 0.3) is 0 Å². The molecule has 7 nitrogen and oxygen atoms in total. The van der Waals surface area contributed by atoms with Crippen LogP contribution >= 0.6 is 0 Å². The van der Waals surface area contributed by atoms with E-state index in [9.17, 15) is 0 Å². The van der Waals surface area contributed by atoms with Crippen molar-refractivity contribution in [3.05, 3.63) is 152 Å². The fourth-order valence-corrected chi connectivity index (χ4v) is 6.08. The van der Waals surface area contributed by atoms with Crippen molar-refractivity contribution < 1.29 is 0 Å². The Morgan fingerprint density at radius 3 is 1.48 bits per heavy atom. The molecule has 0 unspecified atom stereocenters. The van der Waals surface area contributed by atoms with Crippen LogP contribution in [0.1, 0.15) is 0 Å². The Morgan fingerprint density at radius 2 is 0.854 bits per heavy atom. The van der Waals surface area contributed by atoms with Crippen molar-refractivity contribution in [3.8, 4) is 56.5 Å². The summed E-state index contributed by atoms with van der Waals surface area (Å²) >= 11 is 0. The van der Waals surface area contributed by atoms with E-state index in [0.29, 0.717) is 11.4 Å². The molecule has 0 atom stereocenters. The highest BCUT2D eigenvalue weighted by Crippen LogP contribution is 2.34. The van der Waals surface area contributed by atoms with Crippen LogP contribution in [0.2, 0.25) is 0 Å². The molecule has 0 saturated heterocycles. The molecule has 3 aromatic carbocycles. The molecule has 224 valence electrons. The zero-order chi connectivity index (χ0) is 31.9. The van der Waals surface area contributed by atoms with Crippen LogP contribution in [0.5, 0.6) is 0 Å². The Bertz CT molecular complexity index is 2590. The van der Waals surface area contributed by atoms with Gasteiger partial charge in [0.2, 0.25) is 0 Å². The zero-order valence-electron chi connectivity index (χ0n) is 25.6. The van der Waals surface area contributed by atoms with Crippen molar-refractivity contribution in [2.24, 2.45) is 0 Å². The number of para-hydroxylation sites is 1. The molecular weight excluding hydrogens is 591 g/mol. The van der Waals surface area contributed by atoms with Gasteiger partial charge in [-0.1, -0.05) is 78.9 Å². The van der Waals surface area contributed by atoms with Crippen LogP contribution in [0.4, 0.5) is 0 Å². The van der Waals surface area contributed by atoms with Gasteiger partial charge < -0.3 is 0 Å². The molecule has 0 spiro atoms. The van der Waals surface area contributed by atoms with E-state index in [1.165, 1.54) is 0 Å². The number of benzene rings is 3. The number of aromatic nitrogens is 7. The lowest BCUT2D eigenvalue weighted by atomic mass is 10.00. The van der Waals surface area contributed by atoms with Gasteiger partial charge in [-0.2, -0.15) is 0 Å². The first kappa shape index (κ1) is 27.6. The summed E-state index contributed by atoms with van der Waals surface area (Å²) in [6, 6.07) is 44.5. The first-order valence-corrected chi connectivity index (χ1v) is 15.6. The van der Waals surface area contributed by atoms with Gasteiger partial charge in [-0.3, -0.25) is 15.0 Å². The fourth-order valence-electron chi connectivity index (χ4n) is 6.08. The lowest BCUT2D eigenvalue weighted by Gasteiger charge is -2.12. The summed E-state index contributed by atoms with van der Waals surface area (Å²) in [7, 11) is 0. The Balaban J connectivity index is 1.13. The second kappa shape index (κ2) is 11.6. The molecule has 0 fully saturated rings. The van der Waals surface area contributed by atoms with Crippen molar-refractivity contribution in [1.29, 1.82) is 0 Å². The maximum atomic E-state index is 5.18. The Morgan fingerprint density at radius 1 is 0.312 bits per heavy atom. The molecule has 48 heavy (non-hydrogen) atoms. The zero-order valence-corrected chi connectivity index (χ0v) is 25.6.